The number of hydrogen-bond acceptors (Lipinski definition) is 5. The number of halogens is 1. The molecule has 1 fully saturated rings. The third-order valence-corrected chi connectivity index (χ3v) is 4.32. The number of ether oxygens (including phenoxy) is 1. The van der Waals surface area contributed by atoms with Crippen LogP contribution < -0.4 is 5.32 Å². The Morgan fingerprint density at radius 2 is 2.11 bits per heavy atom. The van der Waals surface area contributed by atoms with Gasteiger partial charge in [0.15, 0.2) is 11.9 Å². The number of carbonyl (C=O) groups is 2. The molecule has 1 aliphatic heterocycles. The lowest BCUT2D eigenvalue weighted by Crippen LogP contribution is -2.51. The van der Waals surface area contributed by atoms with Gasteiger partial charge in [-0.25, -0.2) is 4.39 Å². The van der Waals surface area contributed by atoms with Crippen molar-refractivity contribution < 1.29 is 18.7 Å². The predicted molar refractivity (Wildman–Crippen MR) is 96.3 cm³/mol. The van der Waals surface area contributed by atoms with Gasteiger partial charge in [-0.05, 0) is 31.8 Å². The minimum atomic E-state index is -0.938. The van der Waals surface area contributed by atoms with Crippen molar-refractivity contribution in [3.63, 3.8) is 0 Å². The molecule has 2 amide bonds. The van der Waals surface area contributed by atoms with Crippen LogP contribution in [0.1, 0.15) is 17.3 Å². The summed E-state index contributed by atoms with van der Waals surface area (Å²) >= 11 is 0. The summed E-state index contributed by atoms with van der Waals surface area (Å²) in [5.41, 5.74) is 1.46. The second kappa shape index (κ2) is 7.85. The number of morpholine rings is 1. The van der Waals surface area contributed by atoms with Crippen LogP contribution in [-0.4, -0.2) is 65.7 Å². The van der Waals surface area contributed by atoms with Gasteiger partial charge >= 0.3 is 0 Å². The van der Waals surface area contributed by atoms with Gasteiger partial charge in [-0.15, -0.1) is 0 Å². The smallest absolute Gasteiger partial charge is 0.257 e. The van der Waals surface area contributed by atoms with Crippen molar-refractivity contribution in [1.29, 1.82) is 0 Å². The molecule has 2 aromatic rings. The fraction of sp³-hybridized carbons (Fsp3) is 0.389. The molecule has 3 rings (SSSR count). The van der Waals surface area contributed by atoms with Gasteiger partial charge in [-0.3, -0.25) is 14.7 Å². The van der Waals surface area contributed by atoms with Gasteiger partial charge in [0.1, 0.15) is 12.4 Å². The highest BCUT2D eigenvalue weighted by Gasteiger charge is 2.40. The number of carbonyl (C=O) groups excluding carboxylic acids is 2. The number of aromatic amines is 1. The molecule has 1 aromatic carbocycles. The molecule has 8 nitrogen and oxygen atoms in total. The average Bonchev–Trinajstić information content (AvgIpc) is 3.04. The van der Waals surface area contributed by atoms with Crippen LogP contribution in [-0.2, 0) is 20.9 Å². The Bertz CT molecular complexity index is 821. The van der Waals surface area contributed by atoms with E-state index in [4.69, 9.17) is 4.74 Å². The van der Waals surface area contributed by atoms with E-state index < -0.39 is 23.9 Å². The maximum atomic E-state index is 13.3. The number of rotatable bonds is 5. The molecule has 0 bridgehead atoms. The molecule has 144 valence electrons. The summed E-state index contributed by atoms with van der Waals surface area (Å²) in [6, 6.07) is 6.75. The van der Waals surface area contributed by atoms with E-state index in [9.17, 15) is 14.0 Å². The SMILES string of the molecule is CN(C)Cc1cc(NC(=O)C2OCC(=O)N(C)C2c2ccc(F)cc2)n[nH]1. The van der Waals surface area contributed by atoms with Crippen molar-refractivity contribution in [3.05, 3.63) is 47.4 Å². The van der Waals surface area contributed by atoms with Crippen molar-refractivity contribution in [2.24, 2.45) is 0 Å². The van der Waals surface area contributed by atoms with Gasteiger partial charge in [0.05, 0.1) is 11.7 Å². The molecule has 0 saturated carbocycles. The lowest BCUT2D eigenvalue weighted by molar-refractivity contribution is -0.160. The van der Waals surface area contributed by atoms with Crippen molar-refractivity contribution in [3.8, 4) is 0 Å². The van der Waals surface area contributed by atoms with Crippen LogP contribution in [0.2, 0.25) is 0 Å². The topological polar surface area (TPSA) is 90.6 Å². The van der Waals surface area contributed by atoms with Gasteiger partial charge in [-0.1, -0.05) is 12.1 Å². The molecular formula is C18H22FN5O3. The van der Waals surface area contributed by atoms with Gasteiger partial charge in [0.25, 0.3) is 5.91 Å². The first kappa shape index (κ1) is 19.0. The third-order valence-electron chi connectivity index (χ3n) is 4.32. The average molecular weight is 375 g/mol. The summed E-state index contributed by atoms with van der Waals surface area (Å²) < 4.78 is 18.8. The van der Waals surface area contributed by atoms with Crippen LogP contribution in [0.4, 0.5) is 10.2 Å². The van der Waals surface area contributed by atoms with E-state index in [1.807, 2.05) is 19.0 Å². The maximum Gasteiger partial charge on any atom is 0.257 e. The summed E-state index contributed by atoms with van der Waals surface area (Å²) in [4.78, 5) is 28.3. The van der Waals surface area contributed by atoms with Crippen LogP contribution >= 0.6 is 0 Å². The van der Waals surface area contributed by atoms with Gasteiger partial charge in [-0.2, -0.15) is 5.10 Å². The largest absolute Gasteiger partial charge is 0.356 e. The number of amides is 2. The van der Waals surface area contributed by atoms with Crippen LogP contribution in [0.5, 0.6) is 0 Å². The summed E-state index contributed by atoms with van der Waals surface area (Å²) in [5, 5.41) is 9.65. The predicted octanol–water partition coefficient (Wildman–Crippen LogP) is 1.15. The quantitative estimate of drug-likeness (QED) is 0.818. The van der Waals surface area contributed by atoms with E-state index >= 15 is 0 Å². The number of aromatic nitrogens is 2. The fourth-order valence-electron chi connectivity index (χ4n) is 3.03. The van der Waals surface area contributed by atoms with Crippen molar-refractivity contribution in [1.82, 2.24) is 20.0 Å². The van der Waals surface area contributed by atoms with Crippen LogP contribution in [0, 0.1) is 5.82 Å². The van der Waals surface area contributed by atoms with Crippen molar-refractivity contribution in [2.45, 2.75) is 18.7 Å². The zero-order chi connectivity index (χ0) is 19.6. The minimum Gasteiger partial charge on any atom is -0.356 e. The zero-order valence-electron chi connectivity index (χ0n) is 15.4. The number of nitrogens with zero attached hydrogens (tertiary/aromatic N) is 3. The van der Waals surface area contributed by atoms with Gasteiger partial charge in [0, 0.05) is 19.7 Å². The molecule has 2 atom stereocenters. The first-order chi connectivity index (χ1) is 12.8. The summed E-state index contributed by atoms with van der Waals surface area (Å²) in [5.74, 6) is -0.693. The van der Waals surface area contributed by atoms with E-state index in [1.54, 1.807) is 25.2 Å². The molecule has 2 heterocycles. The number of hydrogen-bond donors (Lipinski definition) is 2. The number of anilines is 1. The maximum absolute atomic E-state index is 13.3. The van der Waals surface area contributed by atoms with Crippen molar-refractivity contribution in [2.75, 3.05) is 33.1 Å². The first-order valence-corrected chi connectivity index (χ1v) is 8.48. The standard InChI is InChI=1S/C18H22FN5O3/c1-23(2)9-13-8-14(22-21-13)20-18(26)17-16(24(3)15(25)10-27-17)11-4-6-12(19)7-5-11/h4-8,16-17H,9-10H2,1-3H3,(H2,20,21,22,26). The Morgan fingerprint density at radius 3 is 2.78 bits per heavy atom. The second-order valence-corrected chi connectivity index (χ2v) is 6.74. The summed E-state index contributed by atoms with van der Waals surface area (Å²) in [6.07, 6.45) is -0.938. The first-order valence-electron chi connectivity index (χ1n) is 8.48. The van der Waals surface area contributed by atoms with E-state index in [2.05, 4.69) is 15.5 Å². The van der Waals surface area contributed by atoms with E-state index in [-0.39, 0.29) is 12.5 Å². The fourth-order valence-corrected chi connectivity index (χ4v) is 3.03. The number of nitrogens with one attached hydrogen (secondary N) is 2. The Morgan fingerprint density at radius 1 is 1.41 bits per heavy atom. The van der Waals surface area contributed by atoms with E-state index in [0.717, 1.165) is 5.69 Å². The molecule has 0 radical (unpaired) electrons. The second-order valence-electron chi connectivity index (χ2n) is 6.74. The molecular weight excluding hydrogens is 353 g/mol. The monoisotopic (exact) mass is 375 g/mol. The minimum absolute atomic E-state index is 0.196. The zero-order valence-corrected chi connectivity index (χ0v) is 15.4. The highest BCUT2D eigenvalue weighted by Crippen LogP contribution is 2.30. The van der Waals surface area contributed by atoms with Gasteiger partial charge < -0.3 is 19.9 Å². The molecule has 2 N–H and O–H groups in total. The number of likely N-dealkylation sites (N-methyl/N-ethyl adjacent to an activating group) is 1. The van der Waals surface area contributed by atoms with E-state index in [1.165, 1.54) is 17.0 Å². The summed E-state index contributed by atoms with van der Waals surface area (Å²) in [7, 11) is 5.45. The van der Waals surface area contributed by atoms with E-state index in [0.29, 0.717) is 17.9 Å². The molecule has 2 unspecified atom stereocenters. The van der Waals surface area contributed by atoms with Gasteiger partial charge in [0.2, 0.25) is 5.91 Å². The molecule has 1 saturated heterocycles. The number of H-pyrrole nitrogens is 1. The highest BCUT2D eigenvalue weighted by molar-refractivity contribution is 5.95. The Balaban J connectivity index is 1.79. The third kappa shape index (κ3) is 4.32. The number of benzene rings is 1. The molecule has 1 aromatic heterocycles. The highest BCUT2D eigenvalue weighted by atomic mass is 19.1. The van der Waals surface area contributed by atoms with Crippen LogP contribution in [0.15, 0.2) is 30.3 Å². The van der Waals surface area contributed by atoms with Crippen LogP contribution in [0.25, 0.3) is 0 Å². The molecule has 0 aliphatic carbocycles. The Labute approximate surface area is 156 Å². The molecule has 27 heavy (non-hydrogen) atoms. The molecule has 1 aliphatic rings. The lowest BCUT2D eigenvalue weighted by atomic mass is 9.97. The molecule has 0 spiro atoms. The Hall–Kier alpha value is -2.78. The normalized spacial score (nSPS) is 20.2. The Kier molecular flexibility index (Phi) is 5.52. The van der Waals surface area contributed by atoms with Crippen molar-refractivity contribution >= 4 is 17.6 Å². The molecule has 9 heteroatoms. The van der Waals surface area contributed by atoms with Crippen LogP contribution in [0.3, 0.4) is 0 Å². The lowest BCUT2D eigenvalue weighted by Gasteiger charge is -2.38. The summed E-state index contributed by atoms with van der Waals surface area (Å²) in [6.45, 7) is 0.455.